The largest absolute Gasteiger partial charge is 0.573 e. The monoisotopic (exact) mass is 204 g/mol. The van der Waals surface area contributed by atoms with Crippen LogP contribution in [0.4, 0.5) is 13.2 Å². The quantitative estimate of drug-likeness (QED) is 0.501. The van der Waals surface area contributed by atoms with Crippen molar-refractivity contribution in [3.05, 3.63) is 48.8 Å². The Morgan fingerprint density at radius 3 is 2.36 bits per heavy atom. The van der Waals surface area contributed by atoms with Gasteiger partial charge in [-0.25, -0.2) is 0 Å². The zero-order valence-electron chi connectivity index (χ0n) is 7.71. The highest BCUT2D eigenvalue weighted by molar-refractivity contribution is 5.20. The van der Waals surface area contributed by atoms with Crippen LogP contribution in [0.5, 0.6) is 0 Å². The van der Waals surface area contributed by atoms with Crippen molar-refractivity contribution in [2.24, 2.45) is 0 Å². The van der Waals surface area contributed by atoms with Crippen LogP contribution in [0.2, 0.25) is 0 Å². The molecule has 4 heteroatoms. The fourth-order valence-electron chi connectivity index (χ4n) is 0.635. The third-order valence-corrected chi connectivity index (χ3v) is 1.08. The van der Waals surface area contributed by atoms with Crippen LogP contribution < -0.4 is 0 Å². The van der Waals surface area contributed by atoms with Gasteiger partial charge in [0.2, 0.25) is 0 Å². The van der Waals surface area contributed by atoms with Crippen molar-refractivity contribution in [3.8, 4) is 0 Å². The molecule has 0 aliphatic rings. The Labute approximate surface area is 80.9 Å². The van der Waals surface area contributed by atoms with Crippen molar-refractivity contribution in [2.45, 2.75) is 13.3 Å². The number of hydrogen-bond donors (Lipinski definition) is 0. The molecule has 0 aromatic rings. The summed E-state index contributed by atoms with van der Waals surface area (Å²) >= 11 is 0. The van der Waals surface area contributed by atoms with Gasteiger partial charge in [-0.2, -0.15) is 0 Å². The molecule has 78 valence electrons. The zero-order chi connectivity index (χ0) is 11.0. The van der Waals surface area contributed by atoms with Crippen molar-refractivity contribution in [3.63, 3.8) is 0 Å². The molecule has 0 saturated heterocycles. The summed E-state index contributed by atoms with van der Waals surface area (Å²) in [5, 5.41) is 0. The molecule has 0 fully saturated rings. The predicted octanol–water partition coefficient (Wildman–Crippen LogP) is 3.73. The lowest BCUT2D eigenvalue weighted by Gasteiger charge is -2.08. The van der Waals surface area contributed by atoms with Gasteiger partial charge in [-0.3, -0.25) is 0 Å². The third-order valence-electron chi connectivity index (χ3n) is 1.08. The first-order valence-electron chi connectivity index (χ1n) is 3.87. The highest BCUT2D eigenvalue weighted by Gasteiger charge is 2.31. The molecule has 0 aliphatic heterocycles. The number of allylic oxidation sites excluding steroid dienone is 6. The first-order chi connectivity index (χ1) is 6.49. The topological polar surface area (TPSA) is 9.23 Å². The van der Waals surface area contributed by atoms with Gasteiger partial charge in [0.15, 0.2) is 0 Å². The van der Waals surface area contributed by atoms with Gasteiger partial charge in [-0.05, 0) is 19.1 Å². The molecule has 0 atom stereocenters. The summed E-state index contributed by atoms with van der Waals surface area (Å²) in [4.78, 5) is 0. The predicted molar refractivity (Wildman–Crippen MR) is 49.4 cm³/mol. The Kier molecular flexibility index (Phi) is 5.44. The van der Waals surface area contributed by atoms with Gasteiger partial charge in [-0.1, -0.05) is 30.9 Å². The second-order valence-corrected chi connectivity index (χ2v) is 2.24. The van der Waals surface area contributed by atoms with E-state index in [1.165, 1.54) is 18.2 Å². The normalized spacial score (nSPS) is 13.9. The minimum atomic E-state index is -4.67. The summed E-state index contributed by atoms with van der Waals surface area (Å²) in [6.45, 7) is 5.04. The molecule has 0 aromatic heterocycles. The van der Waals surface area contributed by atoms with Crippen molar-refractivity contribution >= 4 is 0 Å². The molecular weight excluding hydrogens is 193 g/mol. The standard InChI is InChI=1S/C10H11F3O/c1-3-5-6-8-9(7-4-2)14-10(11,12)13/h3-8H,2H2,1H3/b5-3-,8-6-,9-7+. The van der Waals surface area contributed by atoms with Crippen LogP contribution in [0.15, 0.2) is 48.8 Å². The van der Waals surface area contributed by atoms with E-state index in [-0.39, 0.29) is 5.76 Å². The lowest BCUT2D eigenvalue weighted by Crippen LogP contribution is -2.11. The second-order valence-electron chi connectivity index (χ2n) is 2.24. The van der Waals surface area contributed by atoms with Gasteiger partial charge in [0, 0.05) is 0 Å². The van der Waals surface area contributed by atoms with Crippen molar-refractivity contribution < 1.29 is 17.9 Å². The van der Waals surface area contributed by atoms with Gasteiger partial charge < -0.3 is 4.74 Å². The van der Waals surface area contributed by atoms with Gasteiger partial charge >= 0.3 is 6.36 Å². The molecule has 0 aliphatic carbocycles. The van der Waals surface area contributed by atoms with Crippen molar-refractivity contribution in [1.29, 1.82) is 0 Å². The van der Waals surface area contributed by atoms with E-state index in [4.69, 9.17) is 0 Å². The van der Waals surface area contributed by atoms with Crippen LogP contribution >= 0.6 is 0 Å². The highest BCUT2D eigenvalue weighted by atomic mass is 19.4. The van der Waals surface area contributed by atoms with Crippen molar-refractivity contribution in [2.75, 3.05) is 0 Å². The number of ether oxygens (including phenoxy) is 1. The van der Waals surface area contributed by atoms with Crippen LogP contribution in [0.25, 0.3) is 0 Å². The maximum atomic E-state index is 11.8. The molecule has 0 amide bonds. The summed E-state index contributed by atoms with van der Waals surface area (Å²) in [7, 11) is 0. The molecule has 0 radical (unpaired) electrons. The summed E-state index contributed by atoms with van der Waals surface area (Å²) in [6, 6.07) is 0. The summed E-state index contributed by atoms with van der Waals surface area (Å²) < 4.78 is 39.1. The average Bonchev–Trinajstić information content (AvgIpc) is 2.02. The van der Waals surface area contributed by atoms with Gasteiger partial charge in [-0.15, -0.1) is 13.2 Å². The number of hydrogen-bond acceptors (Lipinski definition) is 1. The van der Waals surface area contributed by atoms with Crippen LogP contribution in [0.3, 0.4) is 0 Å². The molecule has 1 nitrogen and oxygen atoms in total. The van der Waals surface area contributed by atoms with Crippen LogP contribution in [-0.2, 0) is 4.74 Å². The molecule has 0 heterocycles. The van der Waals surface area contributed by atoms with Crippen LogP contribution in [0, 0.1) is 0 Å². The Morgan fingerprint density at radius 2 is 1.93 bits per heavy atom. The van der Waals surface area contributed by atoms with Gasteiger partial charge in [0.1, 0.15) is 5.76 Å². The van der Waals surface area contributed by atoms with E-state index in [0.29, 0.717) is 0 Å². The molecule has 0 unspecified atom stereocenters. The lowest BCUT2D eigenvalue weighted by molar-refractivity contribution is -0.303. The van der Waals surface area contributed by atoms with Crippen LogP contribution in [-0.4, -0.2) is 6.36 Å². The third kappa shape index (κ3) is 7.21. The van der Waals surface area contributed by atoms with E-state index >= 15 is 0 Å². The highest BCUT2D eigenvalue weighted by Crippen LogP contribution is 2.21. The number of halogens is 3. The molecule has 0 spiro atoms. The van der Waals surface area contributed by atoms with E-state index in [1.807, 2.05) is 0 Å². The van der Waals surface area contributed by atoms with E-state index in [2.05, 4.69) is 11.3 Å². The zero-order valence-corrected chi connectivity index (χ0v) is 7.71. The van der Waals surface area contributed by atoms with Crippen molar-refractivity contribution in [1.82, 2.24) is 0 Å². The minimum absolute atomic E-state index is 0.300. The van der Waals surface area contributed by atoms with E-state index in [9.17, 15) is 13.2 Å². The Morgan fingerprint density at radius 1 is 1.29 bits per heavy atom. The smallest absolute Gasteiger partial charge is 0.406 e. The molecule has 0 saturated carbocycles. The lowest BCUT2D eigenvalue weighted by atomic mass is 10.3. The van der Waals surface area contributed by atoms with Crippen LogP contribution in [0.1, 0.15) is 6.92 Å². The first-order valence-corrected chi connectivity index (χ1v) is 3.87. The minimum Gasteiger partial charge on any atom is -0.406 e. The maximum Gasteiger partial charge on any atom is 0.573 e. The average molecular weight is 204 g/mol. The van der Waals surface area contributed by atoms with E-state index in [0.717, 1.165) is 6.08 Å². The van der Waals surface area contributed by atoms with E-state index < -0.39 is 6.36 Å². The first kappa shape index (κ1) is 12.6. The molecule has 14 heavy (non-hydrogen) atoms. The summed E-state index contributed by atoms with van der Waals surface area (Å²) in [6.07, 6.45) is 3.62. The van der Waals surface area contributed by atoms with Gasteiger partial charge in [0.25, 0.3) is 0 Å². The van der Waals surface area contributed by atoms with E-state index in [1.54, 1.807) is 19.1 Å². The Hall–Kier alpha value is -1.45. The number of alkyl halides is 3. The SMILES string of the molecule is C=C\C=C(/C=C\C=C/C)OC(F)(F)F. The number of rotatable bonds is 4. The molecule has 0 bridgehead atoms. The second kappa shape index (κ2) is 6.07. The fraction of sp³-hybridized carbons (Fsp3) is 0.200. The Balaban J connectivity index is 4.47. The Bertz CT molecular complexity index is 259. The van der Waals surface area contributed by atoms with Gasteiger partial charge in [0.05, 0.1) is 0 Å². The summed E-state index contributed by atoms with van der Waals surface area (Å²) in [5.41, 5.74) is 0. The molecule has 0 aromatic carbocycles. The maximum absolute atomic E-state index is 11.8. The fourth-order valence-corrected chi connectivity index (χ4v) is 0.635. The molecule has 0 N–H and O–H groups in total. The summed E-state index contributed by atoms with van der Waals surface area (Å²) in [5.74, 6) is -0.300. The molecule has 0 rings (SSSR count). The molecular formula is C10H11F3O.